The second kappa shape index (κ2) is 12.3. The van der Waals surface area contributed by atoms with E-state index in [0.29, 0.717) is 18.8 Å². The molecule has 1 aromatic rings. The predicted molar refractivity (Wildman–Crippen MR) is 95.4 cm³/mol. The predicted octanol–water partition coefficient (Wildman–Crippen LogP) is 4.73. The molecular weight excluding hydrogens is 304 g/mol. The Morgan fingerprint density at radius 2 is 1.58 bits per heavy atom. The van der Waals surface area contributed by atoms with E-state index in [1.165, 1.54) is 38.2 Å². The first-order chi connectivity index (χ1) is 11.7. The first kappa shape index (κ1) is 19.9. The van der Waals surface area contributed by atoms with Crippen molar-refractivity contribution in [1.82, 2.24) is 0 Å². The minimum Gasteiger partial charge on any atom is -0.494 e. The Labute approximate surface area is 144 Å². The van der Waals surface area contributed by atoms with Crippen LogP contribution in [-0.2, 0) is 9.53 Å². The summed E-state index contributed by atoms with van der Waals surface area (Å²) < 4.78 is 10.4. The number of carbonyl (C=O) groups excluding carboxylic acids is 2. The Morgan fingerprint density at radius 3 is 2.25 bits per heavy atom. The van der Waals surface area contributed by atoms with Crippen LogP contribution in [0.4, 0.5) is 0 Å². The first-order valence-corrected chi connectivity index (χ1v) is 8.79. The topological polar surface area (TPSA) is 52.6 Å². The van der Waals surface area contributed by atoms with Crippen LogP contribution in [-0.4, -0.2) is 25.0 Å². The molecule has 0 N–H and O–H groups in total. The zero-order valence-electron chi connectivity index (χ0n) is 14.8. The van der Waals surface area contributed by atoms with Crippen LogP contribution in [0.5, 0.6) is 5.75 Å². The van der Waals surface area contributed by atoms with E-state index in [2.05, 4.69) is 6.92 Å². The van der Waals surface area contributed by atoms with E-state index in [0.717, 1.165) is 18.2 Å². The highest BCUT2D eigenvalue weighted by atomic mass is 16.5. The maximum atomic E-state index is 11.9. The van der Waals surface area contributed by atoms with Gasteiger partial charge in [-0.05, 0) is 43.7 Å². The molecule has 0 amide bonds. The molecule has 0 radical (unpaired) electrons. The minimum atomic E-state index is -0.509. The lowest BCUT2D eigenvalue weighted by Crippen LogP contribution is -2.02. The van der Waals surface area contributed by atoms with Crippen LogP contribution in [0.1, 0.15) is 62.7 Å². The lowest BCUT2D eigenvalue weighted by molar-refractivity contribution is -0.137. The van der Waals surface area contributed by atoms with Crippen molar-refractivity contribution < 1.29 is 19.1 Å². The van der Waals surface area contributed by atoms with Crippen LogP contribution in [0, 0.1) is 0 Å². The molecule has 0 aliphatic carbocycles. The standard InChI is InChI=1S/C20H28O4/c1-3-5-6-7-8-9-16-24-18-12-10-17(11-13-18)19(21)14-15-20(22)23-4-2/h10-15H,3-9,16H2,1-2H3/b15-14+. The third kappa shape index (κ3) is 8.51. The summed E-state index contributed by atoms with van der Waals surface area (Å²) in [6.07, 6.45) is 9.74. The average molecular weight is 332 g/mol. The van der Waals surface area contributed by atoms with E-state index in [4.69, 9.17) is 9.47 Å². The van der Waals surface area contributed by atoms with E-state index in [1.807, 2.05) is 0 Å². The van der Waals surface area contributed by atoms with Gasteiger partial charge in [-0.3, -0.25) is 4.79 Å². The molecule has 24 heavy (non-hydrogen) atoms. The number of benzene rings is 1. The molecule has 0 bridgehead atoms. The Bertz CT molecular complexity index is 517. The molecule has 4 nitrogen and oxygen atoms in total. The van der Waals surface area contributed by atoms with Gasteiger partial charge in [0.25, 0.3) is 0 Å². The van der Waals surface area contributed by atoms with Gasteiger partial charge in [-0.15, -0.1) is 0 Å². The molecule has 0 spiro atoms. The molecule has 4 heteroatoms. The number of ketones is 1. The number of hydrogen-bond donors (Lipinski definition) is 0. The van der Waals surface area contributed by atoms with Crippen LogP contribution in [0.15, 0.2) is 36.4 Å². The molecule has 1 rings (SSSR count). The van der Waals surface area contributed by atoms with Gasteiger partial charge < -0.3 is 9.47 Å². The van der Waals surface area contributed by atoms with Gasteiger partial charge in [0.15, 0.2) is 5.78 Å². The van der Waals surface area contributed by atoms with Crippen molar-refractivity contribution in [1.29, 1.82) is 0 Å². The lowest BCUT2D eigenvalue weighted by atomic mass is 10.1. The fourth-order valence-corrected chi connectivity index (χ4v) is 2.22. The quantitative estimate of drug-likeness (QED) is 0.240. The van der Waals surface area contributed by atoms with Gasteiger partial charge in [-0.2, -0.15) is 0 Å². The van der Waals surface area contributed by atoms with Gasteiger partial charge in [0, 0.05) is 11.6 Å². The molecule has 0 fully saturated rings. The molecule has 0 unspecified atom stereocenters. The summed E-state index contributed by atoms with van der Waals surface area (Å²) >= 11 is 0. The monoisotopic (exact) mass is 332 g/mol. The zero-order valence-corrected chi connectivity index (χ0v) is 14.8. The van der Waals surface area contributed by atoms with Crippen LogP contribution >= 0.6 is 0 Å². The minimum absolute atomic E-state index is 0.231. The Balaban J connectivity index is 2.32. The largest absolute Gasteiger partial charge is 0.494 e. The third-order valence-corrected chi connectivity index (χ3v) is 3.56. The second-order valence-electron chi connectivity index (χ2n) is 5.59. The van der Waals surface area contributed by atoms with Crippen LogP contribution in [0.25, 0.3) is 0 Å². The van der Waals surface area contributed by atoms with Gasteiger partial charge in [0.1, 0.15) is 5.75 Å². The van der Waals surface area contributed by atoms with E-state index >= 15 is 0 Å². The highest BCUT2D eigenvalue weighted by Gasteiger charge is 2.04. The van der Waals surface area contributed by atoms with E-state index in [9.17, 15) is 9.59 Å². The van der Waals surface area contributed by atoms with Gasteiger partial charge in [-0.1, -0.05) is 39.0 Å². The van der Waals surface area contributed by atoms with Crippen LogP contribution in [0.2, 0.25) is 0 Å². The Hall–Kier alpha value is -2.10. The van der Waals surface area contributed by atoms with E-state index in [-0.39, 0.29) is 5.78 Å². The summed E-state index contributed by atoms with van der Waals surface area (Å²) in [6, 6.07) is 6.97. The molecule has 0 saturated carbocycles. The normalized spacial score (nSPS) is 10.8. The maximum Gasteiger partial charge on any atom is 0.330 e. The van der Waals surface area contributed by atoms with Gasteiger partial charge in [0.2, 0.25) is 0 Å². The summed E-state index contributed by atoms with van der Waals surface area (Å²) in [6.45, 7) is 4.92. The molecule has 0 aromatic heterocycles. The second-order valence-corrected chi connectivity index (χ2v) is 5.59. The SMILES string of the molecule is CCCCCCCCOc1ccc(C(=O)/C=C/C(=O)OCC)cc1. The summed E-state index contributed by atoms with van der Waals surface area (Å²) in [5.41, 5.74) is 0.516. The van der Waals surface area contributed by atoms with Crippen molar-refractivity contribution in [3.8, 4) is 5.75 Å². The summed E-state index contributed by atoms with van der Waals surface area (Å²) in [5.74, 6) is 0.0183. The number of hydrogen-bond acceptors (Lipinski definition) is 4. The van der Waals surface area contributed by atoms with Gasteiger partial charge >= 0.3 is 5.97 Å². The Kier molecular flexibility index (Phi) is 10.3. The number of unbranched alkanes of at least 4 members (excludes halogenated alkanes) is 5. The summed E-state index contributed by atoms with van der Waals surface area (Å²) in [7, 11) is 0. The van der Waals surface area contributed by atoms with Crippen molar-refractivity contribution in [2.75, 3.05) is 13.2 Å². The molecule has 0 atom stereocenters. The number of ether oxygens (including phenoxy) is 2. The van der Waals surface area contributed by atoms with Crippen molar-refractivity contribution in [2.24, 2.45) is 0 Å². The molecule has 0 aliphatic rings. The summed E-state index contributed by atoms with van der Waals surface area (Å²) in [5, 5.41) is 0. The first-order valence-electron chi connectivity index (χ1n) is 8.79. The highest BCUT2D eigenvalue weighted by Crippen LogP contribution is 2.14. The number of esters is 1. The van der Waals surface area contributed by atoms with E-state index in [1.54, 1.807) is 31.2 Å². The van der Waals surface area contributed by atoms with Crippen molar-refractivity contribution >= 4 is 11.8 Å². The molecule has 0 aliphatic heterocycles. The fourth-order valence-electron chi connectivity index (χ4n) is 2.22. The number of allylic oxidation sites excluding steroid dienone is 1. The maximum absolute atomic E-state index is 11.9. The molecule has 0 saturated heterocycles. The van der Waals surface area contributed by atoms with Crippen molar-refractivity contribution in [2.45, 2.75) is 52.4 Å². The molecular formula is C20H28O4. The third-order valence-electron chi connectivity index (χ3n) is 3.56. The number of carbonyl (C=O) groups is 2. The van der Waals surface area contributed by atoms with Crippen molar-refractivity contribution in [3.05, 3.63) is 42.0 Å². The average Bonchev–Trinajstić information content (AvgIpc) is 2.59. The molecule has 0 heterocycles. The lowest BCUT2D eigenvalue weighted by Gasteiger charge is -2.06. The van der Waals surface area contributed by atoms with Crippen molar-refractivity contribution in [3.63, 3.8) is 0 Å². The van der Waals surface area contributed by atoms with Crippen LogP contribution in [0.3, 0.4) is 0 Å². The molecule has 1 aromatic carbocycles. The fraction of sp³-hybridized carbons (Fsp3) is 0.500. The zero-order chi connectivity index (χ0) is 17.6. The summed E-state index contributed by atoms with van der Waals surface area (Å²) in [4.78, 5) is 23.1. The van der Waals surface area contributed by atoms with Gasteiger partial charge in [0.05, 0.1) is 13.2 Å². The molecule has 132 valence electrons. The number of rotatable bonds is 12. The van der Waals surface area contributed by atoms with Gasteiger partial charge in [-0.25, -0.2) is 4.79 Å². The van der Waals surface area contributed by atoms with E-state index < -0.39 is 5.97 Å². The van der Waals surface area contributed by atoms with Crippen LogP contribution < -0.4 is 4.74 Å². The highest BCUT2D eigenvalue weighted by molar-refractivity contribution is 6.07. The smallest absolute Gasteiger partial charge is 0.330 e. The Morgan fingerprint density at radius 1 is 0.917 bits per heavy atom.